The fourth-order valence-corrected chi connectivity index (χ4v) is 1.90. The standard InChI is InChI=1S/C11H12ClO2S/c1-15-10-4-2-8(3-5-10)11-13-7-9(6-12)14-11/h2-5,9H,6-7H2,1H3/q+1. The lowest BCUT2D eigenvalue weighted by atomic mass is 10.2. The van der Waals surface area contributed by atoms with Gasteiger partial charge in [0.1, 0.15) is 5.56 Å². The van der Waals surface area contributed by atoms with Gasteiger partial charge >= 0.3 is 5.97 Å². The summed E-state index contributed by atoms with van der Waals surface area (Å²) in [5.41, 5.74) is 0.973. The molecular weight excluding hydrogens is 232 g/mol. The van der Waals surface area contributed by atoms with E-state index < -0.39 is 0 Å². The van der Waals surface area contributed by atoms with Gasteiger partial charge in [0, 0.05) is 4.90 Å². The molecule has 1 aromatic carbocycles. The number of rotatable bonds is 3. The summed E-state index contributed by atoms with van der Waals surface area (Å²) in [7, 11) is 0. The highest BCUT2D eigenvalue weighted by Gasteiger charge is 2.33. The van der Waals surface area contributed by atoms with Gasteiger partial charge in [0.25, 0.3) is 6.10 Å². The molecule has 4 heteroatoms. The van der Waals surface area contributed by atoms with Crippen molar-refractivity contribution in [3.63, 3.8) is 0 Å². The third-order valence-electron chi connectivity index (χ3n) is 2.17. The van der Waals surface area contributed by atoms with E-state index in [9.17, 15) is 0 Å². The van der Waals surface area contributed by atoms with Crippen LogP contribution in [-0.2, 0) is 4.74 Å². The molecule has 0 amide bonds. The third kappa shape index (κ3) is 2.47. The summed E-state index contributed by atoms with van der Waals surface area (Å²) in [6.07, 6.45) is 2.04. The highest BCUT2D eigenvalue weighted by molar-refractivity contribution is 7.98. The molecule has 1 heterocycles. The maximum Gasteiger partial charge on any atom is 0.520 e. The van der Waals surface area contributed by atoms with Gasteiger partial charge in [-0.05, 0) is 30.5 Å². The normalized spacial score (nSPS) is 19.9. The molecule has 0 N–H and O–H groups in total. The number of hydrogen-bond acceptors (Lipinski definition) is 2. The Labute approximate surface area is 98.3 Å². The fraction of sp³-hybridized carbons (Fsp3) is 0.364. The zero-order valence-corrected chi connectivity index (χ0v) is 9.98. The number of carbonyl (C=O) groups excluding carboxylic acids is 1. The molecule has 1 aliphatic rings. The van der Waals surface area contributed by atoms with E-state index in [4.69, 9.17) is 20.8 Å². The summed E-state index contributed by atoms with van der Waals surface area (Å²) in [5.74, 6) is 1.06. The van der Waals surface area contributed by atoms with E-state index >= 15 is 0 Å². The molecule has 0 fully saturated rings. The van der Waals surface area contributed by atoms with Gasteiger partial charge < -0.3 is 9.16 Å². The van der Waals surface area contributed by atoms with Crippen molar-refractivity contribution >= 4 is 29.3 Å². The van der Waals surface area contributed by atoms with E-state index in [1.54, 1.807) is 11.8 Å². The van der Waals surface area contributed by atoms with Gasteiger partial charge in [-0.25, -0.2) is 0 Å². The van der Waals surface area contributed by atoms with Crippen molar-refractivity contribution in [2.24, 2.45) is 0 Å². The second-order valence-electron chi connectivity index (χ2n) is 3.22. The minimum atomic E-state index is -0.0121. The maximum absolute atomic E-state index is 5.69. The van der Waals surface area contributed by atoms with Crippen molar-refractivity contribution in [1.29, 1.82) is 0 Å². The minimum Gasteiger partial charge on any atom is -0.311 e. The van der Waals surface area contributed by atoms with Crippen LogP contribution in [0.5, 0.6) is 0 Å². The second kappa shape index (κ2) is 4.90. The first-order valence-corrected chi connectivity index (χ1v) is 6.46. The van der Waals surface area contributed by atoms with Crippen LogP contribution in [0.3, 0.4) is 0 Å². The average molecular weight is 244 g/mol. The molecule has 0 bridgehead atoms. The molecule has 0 spiro atoms. The second-order valence-corrected chi connectivity index (χ2v) is 4.41. The van der Waals surface area contributed by atoms with Gasteiger partial charge in [0.05, 0.1) is 5.88 Å². The number of ether oxygens (including phenoxy) is 1. The highest BCUT2D eigenvalue weighted by atomic mass is 35.5. The number of halogens is 1. The Hall–Kier alpha value is -0.670. The molecular formula is C11H12ClO2S+. The zero-order chi connectivity index (χ0) is 10.7. The third-order valence-corrected chi connectivity index (χ3v) is 3.26. The van der Waals surface area contributed by atoms with Crippen LogP contribution in [0, 0.1) is 0 Å². The van der Waals surface area contributed by atoms with Gasteiger partial charge in [0.15, 0.2) is 0 Å². The largest absolute Gasteiger partial charge is 0.520 e. The van der Waals surface area contributed by atoms with Crippen LogP contribution in [0.2, 0.25) is 0 Å². The Morgan fingerprint density at radius 3 is 2.73 bits per heavy atom. The van der Waals surface area contributed by atoms with E-state index in [-0.39, 0.29) is 6.10 Å². The van der Waals surface area contributed by atoms with Gasteiger partial charge in [-0.1, -0.05) is 0 Å². The van der Waals surface area contributed by atoms with E-state index in [0.29, 0.717) is 18.5 Å². The minimum absolute atomic E-state index is 0.0121. The van der Waals surface area contributed by atoms with Gasteiger partial charge in [0.2, 0.25) is 6.61 Å². The van der Waals surface area contributed by atoms with Crippen LogP contribution >= 0.6 is 23.4 Å². The molecule has 80 valence electrons. The van der Waals surface area contributed by atoms with Gasteiger partial charge in [-0.3, -0.25) is 0 Å². The van der Waals surface area contributed by atoms with Gasteiger partial charge in [-0.15, -0.1) is 23.4 Å². The summed E-state index contributed by atoms with van der Waals surface area (Å²) < 4.78 is 10.9. The van der Waals surface area contributed by atoms with E-state index in [2.05, 4.69) is 0 Å². The lowest BCUT2D eigenvalue weighted by Crippen LogP contribution is -2.14. The number of hydrogen-bond donors (Lipinski definition) is 0. The molecule has 15 heavy (non-hydrogen) atoms. The van der Waals surface area contributed by atoms with Gasteiger partial charge in [-0.2, -0.15) is 0 Å². The first-order valence-electron chi connectivity index (χ1n) is 4.70. The molecule has 0 saturated heterocycles. The van der Waals surface area contributed by atoms with Crippen molar-refractivity contribution in [1.82, 2.24) is 0 Å². The average Bonchev–Trinajstić information content (AvgIpc) is 2.78. The van der Waals surface area contributed by atoms with Crippen molar-refractivity contribution in [2.45, 2.75) is 11.0 Å². The SMILES string of the molecule is CSc1ccc(C2=[O+]CC(CCl)O2)cc1. The first-order chi connectivity index (χ1) is 7.33. The fourth-order valence-electron chi connectivity index (χ4n) is 1.34. The Morgan fingerprint density at radius 2 is 2.20 bits per heavy atom. The van der Waals surface area contributed by atoms with Crippen LogP contribution in [0.4, 0.5) is 0 Å². The Kier molecular flexibility index (Phi) is 3.54. The van der Waals surface area contributed by atoms with E-state index in [1.165, 1.54) is 4.90 Å². The summed E-state index contributed by atoms with van der Waals surface area (Å²) in [6, 6.07) is 8.09. The molecule has 2 nitrogen and oxygen atoms in total. The van der Waals surface area contributed by atoms with Crippen LogP contribution in [0.1, 0.15) is 9.99 Å². The molecule has 1 aromatic rings. The van der Waals surface area contributed by atoms with Crippen molar-refractivity contribution in [3.05, 3.63) is 29.8 Å². The highest BCUT2D eigenvalue weighted by Crippen LogP contribution is 2.18. The molecule has 0 radical (unpaired) electrons. The number of thioether (sulfide) groups is 1. The summed E-state index contributed by atoms with van der Waals surface area (Å²) >= 11 is 7.40. The molecule has 1 unspecified atom stereocenters. The molecule has 0 aromatic heterocycles. The maximum atomic E-state index is 5.69. The van der Waals surface area contributed by atoms with Crippen molar-refractivity contribution in [2.75, 3.05) is 18.7 Å². The summed E-state index contributed by atoms with van der Waals surface area (Å²) in [5, 5.41) is 0. The van der Waals surface area contributed by atoms with Crippen LogP contribution < -0.4 is 0 Å². The number of benzene rings is 1. The number of alkyl halides is 1. The quantitative estimate of drug-likeness (QED) is 0.352. The summed E-state index contributed by atoms with van der Waals surface area (Å²) in [4.78, 5) is 1.23. The molecule has 0 aliphatic carbocycles. The van der Waals surface area contributed by atoms with Crippen molar-refractivity contribution < 1.29 is 9.16 Å². The molecule has 0 saturated carbocycles. The Morgan fingerprint density at radius 1 is 1.47 bits per heavy atom. The Bertz CT molecular complexity index is 361. The predicted molar refractivity (Wildman–Crippen MR) is 63.0 cm³/mol. The Balaban J connectivity index is 2.10. The van der Waals surface area contributed by atoms with E-state index in [0.717, 1.165) is 5.56 Å². The molecule has 2 rings (SSSR count). The zero-order valence-electron chi connectivity index (χ0n) is 8.40. The molecule has 1 aliphatic heterocycles. The number of cyclic esters (lactones) is 1. The van der Waals surface area contributed by atoms with Crippen LogP contribution in [0.15, 0.2) is 29.2 Å². The predicted octanol–water partition coefficient (Wildman–Crippen LogP) is 2.72. The first kappa shape index (κ1) is 10.8. The lowest BCUT2D eigenvalue weighted by molar-refractivity contribution is -0.259. The topological polar surface area (TPSA) is 20.5 Å². The number of esters is 1. The smallest absolute Gasteiger partial charge is 0.311 e. The van der Waals surface area contributed by atoms with E-state index in [1.807, 2.05) is 30.5 Å². The lowest BCUT2D eigenvalue weighted by Gasteiger charge is -1.96. The monoisotopic (exact) mass is 243 g/mol. The van der Waals surface area contributed by atoms with Crippen LogP contribution in [0.25, 0.3) is 0 Å². The van der Waals surface area contributed by atoms with Crippen LogP contribution in [-0.4, -0.2) is 30.8 Å². The van der Waals surface area contributed by atoms with Crippen molar-refractivity contribution in [3.8, 4) is 0 Å². The molecule has 1 atom stereocenters. The summed E-state index contributed by atoms with van der Waals surface area (Å²) in [6.45, 7) is 0.545.